The number of nitrogens with one attached hydrogen (secondary N) is 2. The van der Waals surface area contributed by atoms with Crippen LogP contribution >= 0.6 is 35.0 Å². The molecule has 36 heavy (non-hydrogen) atoms. The summed E-state index contributed by atoms with van der Waals surface area (Å²) in [6.07, 6.45) is 0. The van der Waals surface area contributed by atoms with E-state index in [1.54, 1.807) is 6.07 Å². The minimum absolute atomic E-state index is 0.0724. The van der Waals surface area contributed by atoms with Crippen molar-refractivity contribution >= 4 is 64.4 Å². The summed E-state index contributed by atoms with van der Waals surface area (Å²) in [5.74, 6) is -5.00. The topological polar surface area (TPSA) is 135 Å². The molecule has 0 bridgehead atoms. The highest BCUT2D eigenvalue weighted by atomic mass is 35.5. The van der Waals surface area contributed by atoms with E-state index in [9.17, 15) is 24.4 Å². The molecule has 0 aromatic heterocycles. The van der Waals surface area contributed by atoms with Gasteiger partial charge in [-0.2, -0.15) is 5.26 Å². The molecule has 3 rings (SSSR count). The minimum Gasteiger partial charge on any atom is -0.468 e. The number of amides is 2. The van der Waals surface area contributed by atoms with Gasteiger partial charge in [-0.3, -0.25) is 14.4 Å². The van der Waals surface area contributed by atoms with Crippen LogP contribution in [0.4, 0.5) is 5.69 Å². The van der Waals surface area contributed by atoms with Crippen LogP contribution in [0.3, 0.4) is 0 Å². The van der Waals surface area contributed by atoms with Crippen molar-refractivity contribution in [3.8, 4) is 6.07 Å². The number of ether oxygens (including phenoxy) is 2. The van der Waals surface area contributed by atoms with Crippen LogP contribution in [-0.2, 0) is 23.9 Å². The van der Waals surface area contributed by atoms with Gasteiger partial charge >= 0.3 is 11.9 Å². The van der Waals surface area contributed by atoms with E-state index >= 15 is 0 Å². The molecule has 186 valence electrons. The third-order valence-electron chi connectivity index (χ3n) is 5.23. The Balaban J connectivity index is 1.90. The Labute approximate surface area is 220 Å². The first-order chi connectivity index (χ1) is 17.2. The summed E-state index contributed by atoms with van der Waals surface area (Å²) in [4.78, 5) is 49.7. The fraction of sp³-hybridized carbons (Fsp3) is 0.208. The number of hydrogen-bond acceptors (Lipinski definition) is 8. The maximum atomic E-state index is 12.9. The SMILES string of the molecule is COC(=O)c1ccc([C@H]2C(C#N)=C(SCC(=O)Nc3ccc(Cl)c(Cl)c3)NC(=O)[C@@H]2C(=O)OC)cc1. The molecule has 0 saturated heterocycles. The van der Waals surface area contributed by atoms with Crippen molar-refractivity contribution in [2.45, 2.75) is 5.92 Å². The van der Waals surface area contributed by atoms with Crippen LogP contribution in [-0.4, -0.2) is 43.7 Å². The molecular formula is C24H19Cl2N3O6S. The Hall–Kier alpha value is -3.52. The van der Waals surface area contributed by atoms with E-state index in [1.807, 2.05) is 6.07 Å². The number of hydrogen-bond donors (Lipinski definition) is 2. The summed E-state index contributed by atoms with van der Waals surface area (Å²) in [7, 11) is 2.38. The second-order valence-corrected chi connectivity index (χ2v) is 9.20. The average Bonchev–Trinajstić information content (AvgIpc) is 2.88. The quantitative estimate of drug-likeness (QED) is 0.393. The first-order valence-corrected chi connectivity index (χ1v) is 12.0. The minimum atomic E-state index is -1.34. The van der Waals surface area contributed by atoms with Crippen molar-refractivity contribution in [2.24, 2.45) is 5.92 Å². The van der Waals surface area contributed by atoms with Gasteiger partial charge in [0.1, 0.15) is 5.92 Å². The van der Waals surface area contributed by atoms with Gasteiger partial charge in [0.25, 0.3) is 0 Å². The second kappa shape index (κ2) is 11.9. The maximum Gasteiger partial charge on any atom is 0.337 e. The fourth-order valence-electron chi connectivity index (χ4n) is 3.53. The number of nitrogens with zero attached hydrogens (tertiary/aromatic N) is 1. The van der Waals surface area contributed by atoms with E-state index in [4.69, 9.17) is 32.7 Å². The molecule has 0 fully saturated rings. The third kappa shape index (κ3) is 5.99. The Morgan fingerprint density at radius 3 is 2.36 bits per heavy atom. The molecule has 0 saturated carbocycles. The van der Waals surface area contributed by atoms with Gasteiger partial charge in [-0.25, -0.2) is 4.79 Å². The number of anilines is 1. The average molecular weight is 548 g/mol. The zero-order valence-corrected chi connectivity index (χ0v) is 21.3. The molecule has 2 aromatic carbocycles. The molecule has 2 atom stereocenters. The van der Waals surface area contributed by atoms with Crippen LogP contribution in [0.15, 0.2) is 53.1 Å². The molecule has 1 aliphatic rings. The maximum absolute atomic E-state index is 12.9. The second-order valence-electron chi connectivity index (χ2n) is 7.40. The smallest absolute Gasteiger partial charge is 0.337 e. The Morgan fingerprint density at radius 2 is 1.78 bits per heavy atom. The molecule has 2 N–H and O–H groups in total. The first kappa shape index (κ1) is 27.1. The molecule has 2 amide bonds. The van der Waals surface area contributed by atoms with Crippen molar-refractivity contribution in [3.63, 3.8) is 0 Å². The summed E-state index contributed by atoms with van der Waals surface area (Å²) in [5.41, 5.74) is 1.18. The van der Waals surface area contributed by atoms with E-state index < -0.39 is 35.6 Å². The standard InChI is InChI=1S/C24H19Cl2N3O6S/c1-34-23(32)13-5-3-12(4-6-13)19-15(10-27)22(29-21(31)20(19)24(33)35-2)36-11-18(30)28-14-7-8-16(25)17(26)9-14/h3-9,19-20H,11H2,1-2H3,(H,28,30)(H,29,31)/t19-,20+/m0/s1. The number of nitriles is 1. The zero-order chi connectivity index (χ0) is 26.4. The molecule has 0 spiro atoms. The third-order valence-corrected chi connectivity index (χ3v) is 6.98. The van der Waals surface area contributed by atoms with E-state index in [0.717, 1.165) is 18.9 Å². The van der Waals surface area contributed by atoms with E-state index in [0.29, 0.717) is 16.3 Å². The van der Waals surface area contributed by atoms with E-state index in [2.05, 4.69) is 10.6 Å². The van der Waals surface area contributed by atoms with Crippen molar-refractivity contribution in [2.75, 3.05) is 25.3 Å². The van der Waals surface area contributed by atoms with Gasteiger partial charge in [0, 0.05) is 11.6 Å². The zero-order valence-electron chi connectivity index (χ0n) is 19.0. The molecule has 12 heteroatoms. The number of thioether (sulfide) groups is 1. The van der Waals surface area contributed by atoms with Gasteiger partial charge in [0.05, 0.1) is 52.3 Å². The highest BCUT2D eigenvalue weighted by Gasteiger charge is 2.44. The Kier molecular flexibility index (Phi) is 8.98. The molecule has 1 heterocycles. The molecular weight excluding hydrogens is 529 g/mol. The van der Waals surface area contributed by atoms with Gasteiger partial charge in [-0.15, -0.1) is 0 Å². The lowest BCUT2D eigenvalue weighted by Crippen LogP contribution is -2.44. The van der Waals surface area contributed by atoms with E-state index in [1.165, 1.54) is 43.5 Å². The number of carbonyl (C=O) groups is 4. The fourth-order valence-corrected chi connectivity index (χ4v) is 4.68. The van der Waals surface area contributed by atoms with Gasteiger partial charge in [-0.1, -0.05) is 47.1 Å². The highest BCUT2D eigenvalue weighted by Crippen LogP contribution is 2.40. The molecule has 2 aromatic rings. The van der Waals surface area contributed by atoms with Crippen molar-refractivity contribution < 1.29 is 28.7 Å². The summed E-state index contributed by atoms with van der Waals surface area (Å²) in [6.45, 7) is 0. The number of rotatable bonds is 7. The van der Waals surface area contributed by atoms with Crippen LogP contribution in [0.2, 0.25) is 10.0 Å². The lowest BCUT2D eigenvalue weighted by Gasteiger charge is -2.31. The highest BCUT2D eigenvalue weighted by molar-refractivity contribution is 8.03. The van der Waals surface area contributed by atoms with E-state index in [-0.39, 0.29) is 26.9 Å². The lowest BCUT2D eigenvalue weighted by molar-refractivity contribution is -0.150. The van der Waals surface area contributed by atoms with Crippen LogP contribution in [0.1, 0.15) is 21.8 Å². The predicted octanol–water partition coefficient (Wildman–Crippen LogP) is 3.89. The number of allylic oxidation sites excluding steroid dienone is 1. The first-order valence-electron chi connectivity index (χ1n) is 10.3. The van der Waals surface area contributed by atoms with Crippen LogP contribution in [0.25, 0.3) is 0 Å². The number of carbonyl (C=O) groups excluding carboxylic acids is 4. The van der Waals surface area contributed by atoms with Gasteiger partial charge in [0.2, 0.25) is 11.8 Å². The Bertz CT molecular complexity index is 1290. The Morgan fingerprint density at radius 1 is 1.08 bits per heavy atom. The summed E-state index contributed by atoms with van der Waals surface area (Å²) < 4.78 is 9.50. The van der Waals surface area contributed by atoms with Gasteiger partial charge in [0.15, 0.2) is 0 Å². The van der Waals surface area contributed by atoms with Crippen molar-refractivity contribution in [1.29, 1.82) is 5.26 Å². The largest absolute Gasteiger partial charge is 0.468 e. The van der Waals surface area contributed by atoms with Crippen molar-refractivity contribution in [3.05, 3.63) is 74.2 Å². The van der Waals surface area contributed by atoms with Crippen LogP contribution in [0.5, 0.6) is 0 Å². The molecule has 0 unspecified atom stereocenters. The monoisotopic (exact) mass is 547 g/mol. The molecule has 0 aliphatic carbocycles. The number of esters is 2. The number of benzene rings is 2. The summed E-state index contributed by atoms with van der Waals surface area (Å²) in [6, 6.07) is 12.6. The normalized spacial score (nSPS) is 17.0. The number of halogens is 2. The van der Waals surface area contributed by atoms with Crippen LogP contribution < -0.4 is 10.6 Å². The molecule has 9 nitrogen and oxygen atoms in total. The molecule has 1 aliphatic heterocycles. The lowest BCUT2D eigenvalue weighted by atomic mass is 9.78. The predicted molar refractivity (Wildman–Crippen MR) is 134 cm³/mol. The summed E-state index contributed by atoms with van der Waals surface area (Å²) >= 11 is 12.8. The van der Waals surface area contributed by atoms with Gasteiger partial charge in [-0.05, 0) is 35.9 Å². The van der Waals surface area contributed by atoms with Crippen molar-refractivity contribution in [1.82, 2.24) is 5.32 Å². The molecule has 0 radical (unpaired) electrons. The summed E-state index contributed by atoms with van der Waals surface area (Å²) in [5, 5.41) is 15.9. The van der Waals surface area contributed by atoms with Gasteiger partial charge < -0.3 is 20.1 Å². The number of methoxy groups -OCH3 is 2. The van der Waals surface area contributed by atoms with Crippen LogP contribution in [0, 0.1) is 17.2 Å².